The first-order chi connectivity index (χ1) is 8.90. The van der Waals surface area contributed by atoms with E-state index in [4.69, 9.17) is 5.11 Å². The van der Waals surface area contributed by atoms with Gasteiger partial charge in [0.1, 0.15) is 0 Å². The zero-order chi connectivity index (χ0) is 14.2. The fourth-order valence-electron chi connectivity index (χ4n) is 2.58. The molecule has 1 fully saturated rings. The molecule has 1 aliphatic heterocycles. The zero-order valence-corrected chi connectivity index (χ0v) is 12.5. The maximum Gasteiger partial charge on any atom is 0.308 e. The average Bonchev–Trinajstić information content (AvgIpc) is 2.69. The van der Waals surface area contributed by atoms with Crippen LogP contribution in [0.5, 0.6) is 0 Å². The van der Waals surface area contributed by atoms with Crippen molar-refractivity contribution in [2.24, 2.45) is 5.92 Å². The van der Waals surface area contributed by atoms with Crippen LogP contribution in [0.3, 0.4) is 0 Å². The number of aryl methyl sites for hydroxylation is 1. The van der Waals surface area contributed by atoms with Crippen LogP contribution in [0.1, 0.15) is 29.3 Å². The van der Waals surface area contributed by atoms with Crippen LogP contribution in [-0.2, 0) is 4.79 Å². The minimum atomic E-state index is -0.826. The molecule has 1 aromatic carbocycles. The number of amides is 1. The lowest BCUT2D eigenvalue weighted by atomic mass is 10.0. The molecule has 1 N–H and O–H groups in total. The number of carboxylic acid groups (broad SMARTS) is 1. The van der Waals surface area contributed by atoms with E-state index in [1.165, 1.54) is 0 Å². The van der Waals surface area contributed by atoms with Crippen LogP contribution in [0.4, 0.5) is 0 Å². The van der Waals surface area contributed by atoms with Gasteiger partial charge in [-0.05, 0) is 44.0 Å². The molecule has 5 heteroatoms. The van der Waals surface area contributed by atoms with Crippen molar-refractivity contribution >= 4 is 27.8 Å². The lowest BCUT2D eigenvalue weighted by Crippen LogP contribution is -2.37. The van der Waals surface area contributed by atoms with Gasteiger partial charge in [0.15, 0.2) is 0 Å². The van der Waals surface area contributed by atoms with Crippen molar-refractivity contribution in [2.75, 3.05) is 6.54 Å². The monoisotopic (exact) mass is 325 g/mol. The number of benzene rings is 1. The van der Waals surface area contributed by atoms with E-state index in [1.54, 1.807) is 17.9 Å². The highest BCUT2D eigenvalue weighted by Gasteiger charge is 2.38. The van der Waals surface area contributed by atoms with Gasteiger partial charge >= 0.3 is 5.97 Å². The molecule has 0 radical (unpaired) electrons. The Bertz CT molecular complexity index is 509. The van der Waals surface area contributed by atoms with E-state index < -0.39 is 11.9 Å². The Labute approximate surface area is 120 Å². The molecule has 1 aromatic rings. The largest absolute Gasteiger partial charge is 0.481 e. The highest BCUT2D eigenvalue weighted by Crippen LogP contribution is 2.27. The van der Waals surface area contributed by atoms with E-state index in [0.717, 1.165) is 10.0 Å². The van der Waals surface area contributed by atoms with Crippen LogP contribution in [0.2, 0.25) is 0 Å². The van der Waals surface area contributed by atoms with E-state index in [2.05, 4.69) is 15.9 Å². The number of aliphatic carboxylic acids is 1. The molecule has 0 aromatic heterocycles. The van der Waals surface area contributed by atoms with Crippen molar-refractivity contribution in [1.82, 2.24) is 4.90 Å². The van der Waals surface area contributed by atoms with Crippen molar-refractivity contribution in [2.45, 2.75) is 26.3 Å². The Morgan fingerprint density at radius 1 is 1.37 bits per heavy atom. The fraction of sp³-hybridized carbons (Fsp3) is 0.429. The van der Waals surface area contributed by atoms with Crippen LogP contribution >= 0.6 is 15.9 Å². The molecule has 1 saturated heterocycles. The summed E-state index contributed by atoms with van der Waals surface area (Å²) in [7, 11) is 0. The molecule has 0 saturated carbocycles. The second-order valence-electron chi connectivity index (χ2n) is 4.99. The van der Waals surface area contributed by atoms with E-state index in [0.29, 0.717) is 18.5 Å². The van der Waals surface area contributed by atoms with Crippen molar-refractivity contribution in [3.63, 3.8) is 0 Å². The van der Waals surface area contributed by atoms with Crippen LogP contribution < -0.4 is 0 Å². The highest BCUT2D eigenvalue weighted by molar-refractivity contribution is 9.10. The van der Waals surface area contributed by atoms with Crippen LogP contribution in [0.15, 0.2) is 22.7 Å². The summed E-state index contributed by atoms with van der Waals surface area (Å²) >= 11 is 3.38. The molecule has 4 nitrogen and oxygen atoms in total. The fourth-order valence-corrected chi connectivity index (χ4v) is 3.19. The number of likely N-dealkylation sites (tertiary alicyclic amines) is 1. The van der Waals surface area contributed by atoms with Gasteiger partial charge in [0.2, 0.25) is 0 Å². The number of hydrogen-bond donors (Lipinski definition) is 1. The summed E-state index contributed by atoms with van der Waals surface area (Å²) in [5.41, 5.74) is 1.60. The molecular formula is C14H16BrNO3. The van der Waals surface area contributed by atoms with Gasteiger partial charge in [0, 0.05) is 22.6 Å². The van der Waals surface area contributed by atoms with Crippen molar-refractivity contribution in [1.29, 1.82) is 0 Å². The number of halogens is 1. The first-order valence-corrected chi connectivity index (χ1v) is 7.00. The molecule has 1 heterocycles. The second-order valence-corrected chi connectivity index (χ2v) is 5.91. The van der Waals surface area contributed by atoms with E-state index in [-0.39, 0.29) is 11.9 Å². The van der Waals surface area contributed by atoms with Gasteiger partial charge in [-0.15, -0.1) is 0 Å². The highest BCUT2D eigenvalue weighted by atomic mass is 79.9. The summed E-state index contributed by atoms with van der Waals surface area (Å²) in [6, 6.07) is 5.28. The molecule has 1 aliphatic rings. The summed E-state index contributed by atoms with van der Waals surface area (Å²) in [5, 5.41) is 9.10. The van der Waals surface area contributed by atoms with Crippen molar-refractivity contribution in [3.05, 3.63) is 33.8 Å². The van der Waals surface area contributed by atoms with Crippen molar-refractivity contribution < 1.29 is 14.7 Å². The van der Waals surface area contributed by atoms with Gasteiger partial charge in [-0.25, -0.2) is 0 Å². The van der Waals surface area contributed by atoms with E-state index in [9.17, 15) is 9.59 Å². The molecule has 0 bridgehead atoms. The third-order valence-electron chi connectivity index (χ3n) is 3.62. The van der Waals surface area contributed by atoms with Crippen LogP contribution in [0.25, 0.3) is 0 Å². The van der Waals surface area contributed by atoms with Gasteiger partial charge in [-0.3, -0.25) is 9.59 Å². The number of carbonyl (C=O) groups is 2. The molecule has 2 unspecified atom stereocenters. The second kappa shape index (κ2) is 5.33. The predicted molar refractivity (Wildman–Crippen MR) is 75.1 cm³/mol. The first kappa shape index (κ1) is 14.1. The summed E-state index contributed by atoms with van der Waals surface area (Å²) in [6.45, 7) is 4.23. The Kier molecular flexibility index (Phi) is 3.94. The molecule has 0 aliphatic carbocycles. The number of carbonyl (C=O) groups excluding carboxylic acids is 1. The minimum Gasteiger partial charge on any atom is -0.481 e. The molecule has 2 rings (SSSR count). The minimum absolute atomic E-state index is 0.0966. The molecule has 2 atom stereocenters. The van der Waals surface area contributed by atoms with Gasteiger partial charge < -0.3 is 10.0 Å². The van der Waals surface area contributed by atoms with Gasteiger partial charge in [0.25, 0.3) is 5.91 Å². The molecular weight excluding hydrogens is 310 g/mol. The molecule has 102 valence electrons. The number of nitrogens with zero attached hydrogens (tertiary/aromatic N) is 1. The lowest BCUT2D eigenvalue weighted by molar-refractivity contribution is -0.142. The molecule has 0 spiro atoms. The topological polar surface area (TPSA) is 57.6 Å². The van der Waals surface area contributed by atoms with E-state index in [1.807, 2.05) is 19.1 Å². The summed E-state index contributed by atoms with van der Waals surface area (Å²) in [6.07, 6.45) is 0.523. The Morgan fingerprint density at radius 3 is 2.58 bits per heavy atom. The van der Waals surface area contributed by atoms with Crippen molar-refractivity contribution in [3.8, 4) is 0 Å². The van der Waals surface area contributed by atoms with Gasteiger partial charge in [0.05, 0.1) is 5.92 Å². The Morgan fingerprint density at radius 2 is 2.05 bits per heavy atom. The normalized spacial score (nSPS) is 22.6. The lowest BCUT2D eigenvalue weighted by Gasteiger charge is -2.23. The maximum atomic E-state index is 12.4. The SMILES string of the molecule is Cc1cc(Br)cc(C(=O)N2CCC(C(=O)O)C2C)c1. The Balaban J connectivity index is 2.23. The van der Waals surface area contributed by atoms with Gasteiger partial charge in [-0.1, -0.05) is 15.9 Å². The van der Waals surface area contributed by atoms with Crippen LogP contribution in [0, 0.1) is 12.8 Å². The number of rotatable bonds is 2. The quantitative estimate of drug-likeness (QED) is 0.909. The molecule has 1 amide bonds. The summed E-state index contributed by atoms with van der Waals surface area (Å²) < 4.78 is 0.859. The third kappa shape index (κ3) is 2.81. The van der Waals surface area contributed by atoms with Crippen LogP contribution in [-0.4, -0.2) is 34.5 Å². The Hall–Kier alpha value is -1.36. The summed E-state index contributed by atoms with van der Waals surface area (Å²) in [5.74, 6) is -1.38. The maximum absolute atomic E-state index is 12.4. The third-order valence-corrected chi connectivity index (χ3v) is 4.08. The number of carboxylic acids is 1. The number of hydrogen-bond acceptors (Lipinski definition) is 2. The first-order valence-electron chi connectivity index (χ1n) is 6.21. The summed E-state index contributed by atoms with van der Waals surface area (Å²) in [4.78, 5) is 25.2. The predicted octanol–water partition coefficient (Wildman–Crippen LogP) is 2.69. The smallest absolute Gasteiger partial charge is 0.308 e. The standard InChI is InChI=1S/C14H16BrNO3/c1-8-5-10(7-11(15)6-8)13(17)16-4-3-12(9(16)2)14(18)19/h5-7,9,12H,3-4H2,1-2H3,(H,18,19). The molecule has 19 heavy (non-hydrogen) atoms. The average molecular weight is 326 g/mol. The van der Waals surface area contributed by atoms with E-state index >= 15 is 0 Å². The zero-order valence-electron chi connectivity index (χ0n) is 10.9. The van der Waals surface area contributed by atoms with Gasteiger partial charge in [-0.2, -0.15) is 0 Å².